The van der Waals surface area contributed by atoms with Crippen LogP contribution in [0.25, 0.3) is 0 Å². The molecule has 0 aliphatic heterocycles. The molecule has 5 heteroatoms. The molecule has 0 saturated carbocycles. The normalized spacial score (nSPS) is 11.8. The number of carbonyl (C=O) groups is 1. The fourth-order valence-corrected chi connectivity index (χ4v) is 1.64. The molecule has 0 bridgehead atoms. The van der Waals surface area contributed by atoms with Crippen LogP contribution >= 0.6 is 0 Å². The number of nitro groups is 1. The molecular weight excluding hydrogens is 222 g/mol. The van der Waals surface area contributed by atoms with Crippen LogP contribution < -0.4 is 0 Å². The summed E-state index contributed by atoms with van der Waals surface area (Å²) in [5.74, 6) is -1.32. The van der Waals surface area contributed by atoms with Gasteiger partial charge >= 0.3 is 5.97 Å². The molecule has 1 rings (SSSR count). The molecule has 1 N–H and O–H groups in total. The number of hydrogen-bond donors (Lipinski definition) is 1. The first-order valence-corrected chi connectivity index (χ1v) is 5.08. The lowest BCUT2D eigenvalue weighted by Crippen LogP contribution is -2.05. The molecule has 0 spiro atoms. The van der Waals surface area contributed by atoms with Gasteiger partial charge in [-0.2, -0.15) is 0 Å². The highest BCUT2D eigenvalue weighted by Gasteiger charge is 2.20. The van der Waals surface area contributed by atoms with Crippen LogP contribution in [0.5, 0.6) is 0 Å². The van der Waals surface area contributed by atoms with Gasteiger partial charge in [-0.3, -0.25) is 10.1 Å². The fraction of sp³-hybridized carbons (Fsp3) is 0.250. The van der Waals surface area contributed by atoms with Crippen molar-refractivity contribution in [2.45, 2.75) is 19.3 Å². The summed E-state index contributed by atoms with van der Waals surface area (Å²) in [6, 6.07) is 6.33. The minimum absolute atomic E-state index is 0.0122. The van der Waals surface area contributed by atoms with Crippen molar-refractivity contribution in [1.29, 1.82) is 0 Å². The van der Waals surface area contributed by atoms with E-state index in [1.807, 2.05) is 0 Å². The maximum Gasteiger partial charge on any atom is 0.330 e. The highest BCUT2D eigenvalue weighted by molar-refractivity contribution is 5.85. The molecule has 5 nitrogen and oxygen atoms in total. The first-order chi connectivity index (χ1) is 7.93. The van der Waals surface area contributed by atoms with Crippen LogP contribution in [-0.2, 0) is 4.79 Å². The summed E-state index contributed by atoms with van der Waals surface area (Å²) in [5.41, 5.74) is 0.591. The monoisotopic (exact) mass is 235 g/mol. The van der Waals surface area contributed by atoms with Crippen LogP contribution in [0.2, 0.25) is 0 Å². The Morgan fingerprint density at radius 1 is 1.53 bits per heavy atom. The van der Waals surface area contributed by atoms with E-state index in [0.717, 1.165) is 0 Å². The Morgan fingerprint density at radius 2 is 2.12 bits per heavy atom. The Kier molecular flexibility index (Phi) is 3.98. The van der Waals surface area contributed by atoms with Crippen LogP contribution in [-0.4, -0.2) is 16.0 Å². The van der Waals surface area contributed by atoms with E-state index in [-0.39, 0.29) is 23.6 Å². The van der Waals surface area contributed by atoms with Crippen molar-refractivity contribution in [2.75, 3.05) is 0 Å². The molecule has 0 radical (unpaired) electrons. The second kappa shape index (κ2) is 5.25. The largest absolute Gasteiger partial charge is 0.478 e. The average molecular weight is 235 g/mol. The van der Waals surface area contributed by atoms with Crippen molar-refractivity contribution < 1.29 is 14.8 Å². The number of para-hydroxylation sites is 1. The van der Waals surface area contributed by atoms with E-state index < -0.39 is 10.9 Å². The Hall–Kier alpha value is -2.17. The van der Waals surface area contributed by atoms with Gasteiger partial charge in [-0.1, -0.05) is 31.7 Å². The maximum atomic E-state index is 10.8. The molecule has 0 aromatic heterocycles. The summed E-state index contributed by atoms with van der Waals surface area (Å²) in [5, 5.41) is 19.5. The molecule has 0 amide bonds. The molecule has 1 atom stereocenters. The standard InChI is InChI=1S/C12H13NO4/c1-8(7-9(2)12(14)15)10-5-3-4-6-11(10)13(16)17/h3-6,8H,2,7H2,1H3,(H,14,15). The van der Waals surface area contributed by atoms with Gasteiger partial charge in [0.1, 0.15) is 0 Å². The third-order valence-electron chi connectivity index (χ3n) is 2.52. The number of aliphatic carboxylic acids is 1. The van der Waals surface area contributed by atoms with Crippen molar-refractivity contribution in [3.05, 3.63) is 52.1 Å². The maximum absolute atomic E-state index is 10.8. The molecule has 0 aliphatic rings. The van der Waals surface area contributed by atoms with Crippen molar-refractivity contribution in [2.24, 2.45) is 0 Å². The third kappa shape index (κ3) is 3.14. The molecule has 17 heavy (non-hydrogen) atoms. The van der Waals surface area contributed by atoms with Gasteiger partial charge in [0, 0.05) is 17.2 Å². The summed E-state index contributed by atoms with van der Waals surface area (Å²) in [7, 11) is 0. The molecule has 1 aromatic rings. The highest BCUT2D eigenvalue weighted by Crippen LogP contribution is 2.30. The topological polar surface area (TPSA) is 80.4 Å². The third-order valence-corrected chi connectivity index (χ3v) is 2.52. The summed E-state index contributed by atoms with van der Waals surface area (Å²) in [6.45, 7) is 5.17. The predicted molar refractivity (Wildman–Crippen MR) is 62.9 cm³/mol. The summed E-state index contributed by atoms with van der Waals surface area (Å²) in [6.07, 6.45) is 0.195. The Morgan fingerprint density at radius 3 is 2.65 bits per heavy atom. The van der Waals surface area contributed by atoms with Gasteiger partial charge in [-0.25, -0.2) is 4.79 Å². The van der Waals surface area contributed by atoms with Gasteiger partial charge in [0.25, 0.3) is 5.69 Å². The number of hydrogen-bond acceptors (Lipinski definition) is 3. The zero-order valence-corrected chi connectivity index (χ0v) is 9.42. The van der Waals surface area contributed by atoms with Crippen molar-refractivity contribution >= 4 is 11.7 Å². The van der Waals surface area contributed by atoms with Crippen LogP contribution in [0.4, 0.5) is 5.69 Å². The molecule has 90 valence electrons. The first kappa shape index (κ1) is 12.9. The zero-order valence-electron chi connectivity index (χ0n) is 9.42. The zero-order chi connectivity index (χ0) is 13.0. The average Bonchev–Trinajstić information content (AvgIpc) is 2.28. The van der Waals surface area contributed by atoms with E-state index >= 15 is 0 Å². The van der Waals surface area contributed by atoms with Crippen LogP contribution in [0.3, 0.4) is 0 Å². The lowest BCUT2D eigenvalue weighted by molar-refractivity contribution is -0.385. The Balaban J connectivity index is 2.96. The SMILES string of the molecule is C=C(CC(C)c1ccccc1[N+](=O)[O-])C(=O)O. The number of nitrogens with zero attached hydrogens (tertiary/aromatic N) is 1. The minimum atomic E-state index is -1.07. The van der Waals surface area contributed by atoms with Crippen LogP contribution in [0, 0.1) is 10.1 Å². The van der Waals surface area contributed by atoms with Gasteiger partial charge in [-0.05, 0) is 12.3 Å². The molecule has 0 saturated heterocycles. The van der Waals surface area contributed by atoms with Gasteiger partial charge < -0.3 is 5.11 Å². The second-order valence-electron chi connectivity index (χ2n) is 3.83. The number of carboxylic acid groups (broad SMARTS) is 1. The van der Waals surface area contributed by atoms with E-state index in [0.29, 0.717) is 5.56 Å². The summed E-state index contributed by atoms with van der Waals surface area (Å²) >= 11 is 0. The summed E-state index contributed by atoms with van der Waals surface area (Å²) in [4.78, 5) is 21.0. The van der Waals surface area contributed by atoms with Crippen LogP contribution in [0.1, 0.15) is 24.8 Å². The van der Waals surface area contributed by atoms with E-state index in [4.69, 9.17) is 5.11 Å². The molecule has 0 aliphatic carbocycles. The second-order valence-corrected chi connectivity index (χ2v) is 3.83. The van der Waals surface area contributed by atoms with E-state index in [2.05, 4.69) is 6.58 Å². The van der Waals surface area contributed by atoms with E-state index in [1.165, 1.54) is 6.07 Å². The number of rotatable bonds is 5. The Labute approximate surface area is 98.5 Å². The molecule has 0 fully saturated rings. The smallest absolute Gasteiger partial charge is 0.330 e. The lowest BCUT2D eigenvalue weighted by atomic mass is 9.93. The van der Waals surface area contributed by atoms with Gasteiger partial charge in [0.05, 0.1) is 4.92 Å². The molecule has 0 heterocycles. The van der Waals surface area contributed by atoms with Crippen molar-refractivity contribution in [3.63, 3.8) is 0 Å². The lowest BCUT2D eigenvalue weighted by Gasteiger charge is -2.11. The highest BCUT2D eigenvalue weighted by atomic mass is 16.6. The van der Waals surface area contributed by atoms with Crippen molar-refractivity contribution in [3.8, 4) is 0 Å². The predicted octanol–water partition coefficient (Wildman–Crippen LogP) is 2.73. The Bertz CT molecular complexity index is 467. The minimum Gasteiger partial charge on any atom is -0.478 e. The molecular formula is C12H13NO4. The quantitative estimate of drug-likeness (QED) is 0.483. The van der Waals surface area contributed by atoms with Gasteiger partial charge in [-0.15, -0.1) is 0 Å². The fourth-order valence-electron chi connectivity index (χ4n) is 1.64. The number of nitro benzene ring substituents is 1. The number of benzene rings is 1. The summed E-state index contributed by atoms with van der Waals surface area (Å²) < 4.78 is 0. The molecule has 1 unspecified atom stereocenters. The molecule has 1 aromatic carbocycles. The van der Waals surface area contributed by atoms with E-state index in [9.17, 15) is 14.9 Å². The van der Waals surface area contributed by atoms with Gasteiger partial charge in [0.15, 0.2) is 0 Å². The van der Waals surface area contributed by atoms with E-state index in [1.54, 1.807) is 25.1 Å². The van der Waals surface area contributed by atoms with Gasteiger partial charge in [0.2, 0.25) is 0 Å². The van der Waals surface area contributed by atoms with Crippen LogP contribution in [0.15, 0.2) is 36.4 Å². The van der Waals surface area contributed by atoms with Crippen molar-refractivity contribution in [1.82, 2.24) is 0 Å². The first-order valence-electron chi connectivity index (χ1n) is 5.08. The number of carboxylic acids is 1.